The highest BCUT2D eigenvalue weighted by Gasteiger charge is 2.22. The zero-order valence-corrected chi connectivity index (χ0v) is 10.3. The fraction of sp³-hybridized carbons (Fsp3) is 0.923. The summed E-state index contributed by atoms with van der Waals surface area (Å²) in [6.45, 7) is 3.56. The Kier molecular flexibility index (Phi) is 4.22. The van der Waals surface area contributed by atoms with Crippen LogP contribution in [-0.2, 0) is 4.79 Å². The van der Waals surface area contributed by atoms with E-state index in [9.17, 15) is 4.79 Å². The summed E-state index contributed by atoms with van der Waals surface area (Å²) >= 11 is 0. The van der Waals surface area contributed by atoms with Crippen LogP contribution in [-0.4, -0.2) is 25.0 Å². The lowest BCUT2D eigenvalue weighted by atomic mass is 9.81. The van der Waals surface area contributed by atoms with Crippen LogP contribution in [0.3, 0.4) is 0 Å². The van der Waals surface area contributed by atoms with Crippen LogP contribution in [0, 0.1) is 11.8 Å². The molecule has 0 spiro atoms. The minimum atomic E-state index is 0.160. The molecule has 1 atom stereocenters. The highest BCUT2D eigenvalue weighted by Crippen LogP contribution is 2.30. The Morgan fingerprint density at radius 2 is 2.00 bits per heavy atom. The van der Waals surface area contributed by atoms with Gasteiger partial charge in [-0.1, -0.05) is 19.3 Å². The number of carbonyl (C=O) groups excluding carboxylic acids is 1. The summed E-state index contributed by atoms with van der Waals surface area (Å²) in [5.74, 6) is 1.85. The summed E-state index contributed by atoms with van der Waals surface area (Å²) < 4.78 is 0. The van der Waals surface area contributed by atoms with Gasteiger partial charge in [-0.15, -0.1) is 0 Å². The summed E-state index contributed by atoms with van der Waals surface area (Å²) in [7, 11) is 0. The summed E-state index contributed by atoms with van der Waals surface area (Å²) in [6, 6.07) is 0.483. The van der Waals surface area contributed by atoms with Crippen molar-refractivity contribution in [1.29, 1.82) is 0 Å². The minimum Gasteiger partial charge on any atom is -0.355 e. The van der Waals surface area contributed by atoms with Crippen LogP contribution in [0.2, 0.25) is 0 Å². The third-order valence-electron chi connectivity index (χ3n) is 3.81. The van der Waals surface area contributed by atoms with Crippen molar-refractivity contribution < 1.29 is 4.79 Å². The van der Waals surface area contributed by atoms with Gasteiger partial charge in [-0.05, 0) is 38.0 Å². The van der Waals surface area contributed by atoms with Crippen molar-refractivity contribution in [3.63, 3.8) is 0 Å². The van der Waals surface area contributed by atoms with E-state index in [1.54, 1.807) is 0 Å². The van der Waals surface area contributed by atoms with Crippen LogP contribution >= 0.6 is 0 Å². The van der Waals surface area contributed by atoms with Gasteiger partial charge in [-0.2, -0.15) is 0 Å². The zero-order chi connectivity index (χ0) is 11.4. The number of carbonyl (C=O) groups is 1. The normalized spacial score (nSPS) is 22.6. The fourth-order valence-electron chi connectivity index (χ4n) is 2.22. The molecule has 0 bridgehead atoms. The molecule has 0 saturated heterocycles. The summed E-state index contributed by atoms with van der Waals surface area (Å²) in [6.07, 6.45) is 8.01. The minimum absolute atomic E-state index is 0.160. The van der Waals surface area contributed by atoms with Crippen molar-refractivity contribution in [1.82, 2.24) is 10.6 Å². The molecule has 3 heteroatoms. The Morgan fingerprint density at radius 1 is 1.25 bits per heavy atom. The Bertz CT molecular complexity index is 234. The summed E-state index contributed by atoms with van der Waals surface area (Å²) in [5, 5.41) is 6.29. The molecular formula is C13H24N2O. The van der Waals surface area contributed by atoms with Crippen molar-refractivity contribution in [2.75, 3.05) is 13.1 Å². The Balaban J connectivity index is 1.49. The Morgan fingerprint density at radius 3 is 2.56 bits per heavy atom. The van der Waals surface area contributed by atoms with E-state index in [1.807, 2.05) is 0 Å². The first kappa shape index (κ1) is 11.9. The molecule has 2 aliphatic carbocycles. The van der Waals surface area contributed by atoms with Crippen molar-refractivity contribution in [3.8, 4) is 0 Å². The van der Waals surface area contributed by atoms with Gasteiger partial charge in [0.25, 0.3) is 0 Å². The van der Waals surface area contributed by atoms with Gasteiger partial charge in [0, 0.05) is 12.6 Å². The average molecular weight is 224 g/mol. The predicted octanol–water partition coefficient (Wildman–Crippen LogP) is 1.68. The maximum absolute atomic E-state index is 11.5. The lowest BCUT2D eigenvalue weighted by Gasteiger charge is -2.28. The smallest absolute Gasteiger partial charge is 0.233 e. The van der Waals surface area contributed by atoms with E-state index >= 15 is 0 Å². The number of rotatable bonds is 7. The molecule has 0 aromatic carbocycles. The maximum atomic E-state index is 11.5. The van der Waals surface area contributed by atoms with Crippen molar-refractivity contribution in [3.05, 3.63) is 0 Å². The van der Waals surface area contributed by atoms with Gasteiger partial charge in [-0.3, -0.25) is 4.79 Å². The lowest BCUT2D eigenvalue weighted by Crippen LogP contribution is -2.39. The Labute approximate surface area is 98.4 Å². The molecule has 0 heterocycles. The fourth-order valence-corrected chi connectivity index (χ4v) is 2.22. The van der Waals surface area contributed by atoms with E-state index in [2.05, 4.69) is 17.6 Å². The Hall–Kier alpha value is -0.570. The number of hydrogen-bond donors (Lipinski definition) is 2. The molecule has 2 N–H and O–H groups in total. The van der Waals surface area contributed by atoms with Gasteiger partial charge in [0.2, 0.25) is 5.91 Å². The molecule has 1 amide bonds. The van der Waals surface area contributed by atoms with Gasteiger partial charge < -0.3 is 10.6 Å². The SMILES string of the molecule is CC(CC1CCC1)NCC(=O)NCC1CC1. The topological polar surface area (TPSA) is 41.1 Å². The van der Waals surface area contributed by atoms with Gasteiger partial charge in [-0.25, -0.2) is 0 Å². The molecule has 0 aromatic rings. The van der Waals surface area contributed by atoms with Crippen LogP contribution in [0.4, 0.5) is 0 Å². The van der Waals surface area contributed by atoms with Crippen molar-refractivity contribution >= 4 is 5.91 Å². The molecule has 2 rings (SSSR count). The van der Waals surface area contributed by atoms with Crippen LogP contribution in [0.1, 0.15) is 45.4 Å². The molecule has 3 nitrogen and oxygen atoms in total. The van der Waals surface area contributed by atoms with E-state index in [4.69, 9.17) is 0 Å². The van der Waals surface area contributed by atoms with Crippen LogP contribution in [0.15, 0.2) is 0 Å². The second-order valence-corrected chi connectivity index (χ2v) is 5.56. The van der Waals surface area contributed by atoms with Crippen LogP contribution < -0.4 is 10.6 Å². The molecule has 1 unspecified atom stereocenters. The van der Waals surface area contributed by atoms with E-state index in [0.29, 0.717) is 12.6 Å². The average Bonchev–Trinajstić information content (AvgIpc) is 3.01. The number of amides is 1. The molecule has 2 aliphatic rings. The van der Waals surface area contributed by atoms with Gasteiger partial charge in [0.1, 0.15) is 0 Å². The number of hydrogen-bond acceptors (Lipinski definition) is 2. The zero-order valence-electron chi connectivity index (χ0n) is 10.3. The van der Waals surface area contributed by atoms with E-state index < -0.39 is 0 Å². The van der Waals surface area contributed by atoms with Gasteiger partial charge in [0.05, 0.1) is 6.54 Å². The van der Waals surface area contributed by atoms with Crippen LogP contribution in [0.5, 0.6) is 0 Å². The third-order valence-corrected chi connectivity index (χ3v) is 3.81. The van der Waals surface area contributed by atoms with E-state index in [0.717, 1.165) is 18.4 Å². The number of nitrogens with one attached hydrogen (secondary N) is 2. The standard InChI is InChI=1S/C13H24N2O/c1-10(7-11-3-2-4-11)14-9-13(16)15-8-12-5-6-12/h10-12,14H,2-9H2,1H3,(H,15,16). The second kappa shape index (κ2) is 5.67. The molecule has 2 saturated carbocycles. The first-order valence-electron chi connectivity index (χ1n) is 6.74. The molecule has 2 fully saturated rings. The second-order valence-electron chi connectivity index (χ2n) is 5.56. The lowest BCUT2D eigenvalue weighted by molar-refractivity contribution is -0.120. The molecule has 0 aromatic heterocycles. The molecular weight excluding hydrogens is 200 g/mol. The first-order chi connectivity index (χ1) is 7.74. The monoisotopic (exact) mass is 224 g/mol. The largest absolute Gasteiger partial charge is 0.355 e. The molecule has 0 radical (unpaired) electrons. The van der Waals surface area contributed by atoms with Crippen molar-refractivity contribution in [2.24, 2.45) is 11.8 Å². The summed E-state index contributed by atoms with van der Waals surface area (Å²) in [4.78, 5) is 11.5. The highest BCUT2D eigenvalue weighted by molar-refractivity contribution is 5.78. The quantitative estimate of drug-likeness (QED) is 0.691. The summed E-state index contributed by atoms with van der Waals surface area (Å²) in [5.41, 5.74) is 0. The molecule has 16 heavy (non-hydrogen) atoms. The van der Waals surface area contributed by atoms with Gasteiger partial charge >= 0.3 is 0 Å². The predicted molar refractivity (Wildman–Crippen MR) is 65.2 cm³/mol. The maximum Gasteiger partial charge on any atom is 0.233 e. The third kappa shape index (κ3) is 4.12. The van der Waals surface area contributed by atoms with Crippen molar-refractivity contribution in [2.45, 2.75) is 51.5 Å². The van der Waals surface area contributed by atoms with Crippen LogP contribution in [0.25, 0.3) is 0 Å². The molecule has 92 valence electrons. The molecule has 0 aliphatic heterocycles. The van der Waals surface area contributed by atoms with Gasteiger partial charge in [0.15, 0.2) is 0 Å². The van der Waals surface area contributed by atoms with E-state index in [-0.39, 0.29) is 5.91 Å². The first-order valence-corrected chi connectivity index (χ1v) is 6.74. The van der Waals surface area contributed by atoms with E-state index in [1.165, 1.54) is 38.5 Å². The highest BCUT2D eigenvalue weighted by atomic mass is 16.1.